The topological polar surface area (TPSA) is 107 Å². The molecule has 0 bridgehead atoms. The van der Waals surface area contributed by atoms with E-state index in [9.17, 15) is 0 Å². The van der Waals surface area contributed by atoms with Crippen molar-refractivity contribution in [2.75, 3.05) is 24.5 Å². The molecule has 0 spiro atoms. The van der Waals surface area contributed by atoms with Gasteiger partial charge in [-0.05, 0) is 44.0 Å². The summed E-state index contributed by atoms with van der Waals surface area (Å²) in [7, 11) is 0. The molecule has 0 aliphatic carbocycles. The van der Waals surface area contributed by atoms with Crippen molar-refractivity contribution in [1.29, 1.82) is 0 Å². The number of piperidine rings is 1. The number of furan rings is 1. The number of guanidine groups is 1. The molecule has 152 valence electrons. The van der Waals surface area contributed by atoms with Crippen molar-refractivity contribution in [1.82, 2.24) is 30.8 Å². The fourth-order valence-corrected chi connectivity index (χ4v) is 3.34. The quantitative estimate of drug-likeness (QED) is 0.434. The van der Waals surface area contributed by atoms with Gasteiger partial charge in [-0.15, -0.1) is 5.10 Å². The normalized spacial score (nSPS) is 15.5. The van der Waals surface area contributed by atoms with Crippen LogP contribution in [0.4, 0.5) is 5.82 Å². The number of aromatic nitrogens is 4. The molecule has 3 aromatic rings. The number of rotatable bonds is 6. The molecule has 0 radical (unpaired) electrons. The Labute approximate surface area is 169 Å². The van der Waals surface area contributed by atoms with Crippen LogP contribution < -0.4 is 15.5 Å². The molecule has 4 heterocycles. The molecule has 1 aliphatic heterocycles. The SMILES string of the molecule is CCNC(=NCc1nc(-c2ccco2)n[nH]1)NC1CCN(c2ccccn2)CC1. The van der Waals surface area contributed by atoms with Crippen molar-refractivity contribution in [3.8, 4) is 11.6 Å². The summed E-state index contributed by atoms with van der Waals surface area (Å²) >= 11 is 0. The van der Waals surface area contributed by atoms with Crippen molar-refractivity contribution in [2.24, 2.45) is 4.99 Å². The van der Waals surface area contributed by atoms with Gasteiger partial charge in [0.1, 0.15) is 18.2 Å². The van der Waals surface area contributed by atoms with E-state index in [2.05, 4.69) is 53.7 Å². The van der Waals surface area contributed by atoms with E-state index in [0.717, 1.165) is 44.3 Å². The van der Waals surface area contributed by atoms with E-state index in [4.69, 9.17) is 4.42 Å². The number of aliphatic imine (C=N–C) groups is 1. The first-order valence-electron chi connectivity index (χ1n) is 9.98. The maximum atomic E-state index is 5.32. The lowest BCUT2D eigenvalue weighted by Crippen LogP contribution is -2.48. The van der Waals surface area contributed by atoms with Crippen LogP contribution in [0.5, 0.6) is 0 Å². The minimum Gasteiger partial charge on any atom is -0.461 e. The highest BCUT2D eigenvalue weighted by Gasteiger charge is 2.20. The molecule has 0 unspecified atom stereocenters. The van der Waals surface area contributed by atoms with E-state index in [1.807, 2.05) is 30.5 Å². The van der Waals surface area contributed by atoms with Crippen LogP contribution in [0.3, 0.4) is 0 Å². The maximum absolute atomic E-state index is 5.32. The van der Waals surface area contributed by atoms with Crippen molar-refractivity contribution in [3.63, 3.8) is 0 Å². The summed E-state index contributed by atoms with van der Waals surface area (Å²) in [6.07, 6.45) is 5.52. The summed E-state index contributed by atoms with van der Waals surface area (Å²) < 4.78 is 5.32. The van der Waals surface area contributed by atoms with Crippen LogP contribution in [-0.4, -0.2) is 51.8 Å². The third kappa shape index (κ3) is 4.92. The van der Waals surface area contributed by atoms with Gasteiger partial charge >= 0.3 is 0 Å². The van der Waals surface area contributed by atoms with Crippen LogP contribution in [0.15, 0.2) is 52.2 Å². The van der Waals surface area contributed by atoms with E-state index in [0.29, 0.717) is 30.0 Å². The van der Waals surface area contributed by atoms with Gasteiger partial charge in [-0.2, -0.15) is 0 Å². The first kappa shape index (κ1) is 19.0. The predicted molar refractivity (Wildman–Crippen MR) is 112 cm³/mol. The van der Waals surface area contributed by atoms with Crippen LogP contribution in [0.2, 0.25) is 0 Å². The Kier molecular flexibility index (Phi) is 6.04. The molecule has 9 nitrogen and oxygen atoms in total. The van der Waals surface area contributed by atoms with Gasteiger partial charge in [-0.1, -0.05) is 6.07 Å². The zero-order chi connectivity index (χ0) is 19.9. The lowest BCUT2D eigenvalue weighted by Gasteiger charge is -2.33. The molecule has 9 heteroatoms. The standard InChI is InChI=1S/C20H26N8O/c1-2-21-20(23-14-17-25-19(27-26-17)16-6-5-13-29-16)24-15-8-11-28(12-9-15)18-7-3-4-10-22-18/h3-7,10,13,15H,2,8-9,11-12,14H2,1H3,(H2,21,23,24)(H,25,26,27). The van der Waals surface area contributed by atoms with Crippen molar-refractivity contribution >= 4 is 11.8 Å². The van der Waals surface area contributed by atoms with Crippen LogP contribution in [-0.2, 0) is 6.54 Å². The average Bonchev–Trinajstić information content (AvgIpc) is 3.45. The van der Waals surface area contributed by atoms with E-state index in [-0.39, 0.29) is 0 Å². The van der Waals surface area contributed by atoms with Gasteiger partial charge in [0, 0.05) is 31.9 Å². The molecule has 0 amide bonds. The lowest BCUT2D eigenvalue weighted by atomic mass is 10.1. The molecular formula is C20H26N8O. The molecule has 4 rings (SSSR count). The fraction of sp³-hybridized carbons (Fsp3) is 0.400. The Hall–Kier alpha value is -3.36. The Balaban J connectivity index is 1.32. The number of nitrogens with one attached hydrogen (secondary N) is 3. The number of nitrogens with zero attached hydrogens (tertiary/aromatic N) is 5. The molecule has 29 heavy (non-hydrogen) atoms. The van der Waals surface area contributed by atoms with E-state index in [1.165, 1.54) is 0 Å². The molecule has 0 atom stereocenters. The van der Waals surface area contributed by atoms with Gasteiger partial charge in [-0.25, -0.2) is 15.0 Å². The summed E-state index contributed by atoms with van der Waals surface area (Å²) in [6.45, 7) is 5.22. The van der Waals surface area contributed by atoms with E-state index < -0.39 is 0 Å². The summed E-state index contributed by atoms with van der Waals surface area (Å²) in [6, 6.07) is 10.1. The average molecular weight is 394 g/mol. The maximum Gasteiger partial charge on any atom is 0.216 e. The second-order valence-electron chi connectivity index (χ2n) is 6.87. The van der Waals surface area contributed by atoms with Gasteiger partial charge in [0.2, 0.25) is 5.82 Å². The van der Waals surface area contributed by atoms with Crippen molar-refractivity contribution in [3.05, 3.63) is 48.6 Å². The molecule has 1 aliphatic rings. The fourth-order valence-electron chi connectivity index (χ4n) is 3.34. The van der Waals surface area contributed by atoms with Crippen LogP contribution >= 0.6 is 0 Å². The summed E-state index contributed by atoms with van der Waals surface area (Å²) in [4.78, 5) is 15.9. The summed E-state index contributed by atoms with van der Waals surface area (Å²) in [5.74, 6) is 3.71. The second-order valence-corrected chi connectivity index (χ2v) is 6.87. The first-order valence-corrected chi connectivity index (χ1v) is 9.98. The third-order valence-electron chi connectivity index (χ3n) is 4.81. The molecule has 1 fully saturated rings. The molecule has 3 N–H and O–H groups in total. The first-order chi connectivity index (χ1) is 14.3. The largest absolute Gasteiger partial charge is 0.461 e. The minimum atomic E-state index is 0.376. The van der Waals surface area contributed by atoms with Crippen molar-refractivity contribution < 1.29 is 4.42 Å². The lowest BCUT2D eigenvalue weighted by molar-refractivity contribution is 0.459. The molecule has 3 aromatic heterocycles. The number of aromatic amines is 1. The van der Waals surface area contributed by atoms with Crippen LogP contribution in [0.25, 0.3) is 11.6 Å². The van der Waals surface area contributed by atoms with Gasteiger partial charge in [0.25, 0.3) is 0 Å². The van der Waals surface area contributed by atoms with Crippen LogP contribution in [0, 0.1) is 0 Å². The van der Waals surface area contributed by atoms with E-state index in [1.54, 1.807) is 6.26 Å². The number of anilines is 1. The van der Waals surface area contributed by atoms with Crippen molar-refractivity contribution in [2.45, 2.75) is 32.4 Å². The summed E-state index contributed by atoms with van der Waals surface area (Å²) in [5, 5.41) is 14.0. The Bertz CT molecular complexity index is 898. The molecule has 0 aromatic carbocycles. The zero-order valence-corrected chi connectivity index (χ0v) is 16.5. The van der Waals surface area contributed by atoms with Gasteiger partial charge in [0.05, 0.1) is 6.26 Å². The van der Waals surface area contributed by atoms with Crippen LogP contribution in [0.1, 0.15) is 25.6 Å². The second kappa shape index (κ2) is 9.22. The zero-order valence-electron chi connectivity index (χ0n) is 16.5. The van der Waals surface area contributed by atoms with Gasteiger partial charge in [0.15, 0.2) is 11.7 Å². The summed E-state index contributed by atoms with van der Waals surface area (Å²) in [5.41, 5.74) is 0. The van der Waals surface area contributed by atoms with E-state index >= 15 is 0 Å². The Morgan fingerprint density at radius 2 is 2.17 bits per heavy atom. The number of H-pyrrole nitrogens is 1. The predicted octanol–water partition coefficient (Wildman–Crippen LogP) is 2.18. The monoisotopic (exact) mass is 394 g/mol. The number of pyridine rings is 1. The van der Waals surface area contributed by atoms with Gasteiger partial charge in [-0.3, -0.25) is 5.10 Å². The third-order valence-corrected chi connectivity index (χ3v) is 4.81. The highest BCUT2D eigenvalue weighted by Crippen LogP contribution is 2.17. The highest BCUT2D eigenvalue weighted by atomic mass is 16.3. The smallest absolute Gasteiger partial charge is 0.216 e. The Morgan fingerprint density at radius 3 is 2.90 bits per heavy atom. The Morgan fingerprint density at radius 1 is 1.28 bits per heavy atom. The highest BCUT2D eigenvalue weighted by molar-refractivity contribution is 5.80. The minimum absolute atomic E-state index is 0.376. The number of hydrogen-bond donors (Lipinski definition) is 3. The molecular weight excluding hydrogens is 368 g/mol. The molecule has 0 saturated carbocycles. The van der Waals surface area contributed by atoms with Gasteiger partial charge < -0.3 is 20.0 Å². The number of hydrogen-bond acceptors (Lipinski definition) is 6. The molecule has 1 saturated heterocycles.